The van der Waals surface area contributed by atoms with E-state index in [1.165, 1.54) is 57.1 Å². The number of carboxylic acids is 1. The number of aromatic carboxylic acids is 1. The van der Waals surface area contributed by atoms with Crippen molar-refractivity contribution in [1.29, 1.82) is 0 Å². The summed E-state index contributed by atoms with van der Waals surface area (Å²) in [6.07, 6.45) is 14.7. The van der Waals surface area contributed by atoms with Crippen LogP contribution in [0, 0.1) is 0 Å². The number of esters is 1. The Morgan fingerprint density at radius 2 is 1.25 bits per heavy atom. The van der Waals surface area contributed by atoms with E-state index in [-0.39, 0.29) is 17.2 Å². The molecule has 0 aliphatic rings. The van der Waals surface area contributed by atoms with Gasteiger partial charge in [0, 0.05) is 0 Å². The van der Waals surface area contributed by atoms with Crippen LogP contribution in [0.1, 0.15) is 118 Å². The number of unbranched alkanes of at least 4 members (excludes halogenated alkanes) is 9. The van der Waals surface area contributed by atoms with Crippen LogP contribution in [-0.2, 0) is 4.74 Å². The first kappa shape index (κ1) is 24.2. The minimum atomic E-state index is -1.10. The van der Waals surface area contributed by atoms with Crippen molar-refractivity contribution < 1.29 is 19.4 Å². The molecule has 1 N–H and O–H groups in total. The van der Waals surface area contributed by atoms with Gasteiger partial charge in [-0.3, -0.25) is 0 Å². The molecule has 1 unspecified atom stereocenters. The molecule has 0 aliphatic heterocycles. The zero-order valence-corrected chi connectivity index (χ0v) is 17.8. The number of hydrogen-bond acceptors (Lipinski definition) is 3. The lowest BCUT2D eigenvalue weighted by Gasteiger charge is -2.19. The minimum Gasteiger partial charge on any atom is -0.478 e. The molecule has 0 aliphatic carbocycles. The van der Waals surface area contributed by atoms with Crippen molar-refractivity contribution in [3.05, 3.63) is 35.4 Å². The fourth-order valence-corrected chi connectivity index (χ4v) is 3.45. The predicted molar refractivity (Wildman–Crippen MR) is 114 cm³/mol. The molecule has 0 radical (unpaired) electrons. The van der Waals surface area contributed by atoms with E-state index in [0.717, 1.165) is 38.5 Å². The Morgan fingerprint density at radius 1 is 0.786 bits per heavy atom. The number of benzene rings is 1. The molecule has 0 aromatic heterocycles. The highest BCUT2D eigenvalue weighted by Crippen LogP contribution is 2.19. The van der Waals surface area contributed by atoms with E-state index in [1.54, 1.807) is 12.1 Å². The number of ether oxygens (including phenoxy) is 1. The maximum atomic E-state index is 12.6. The standard InChI is InChI=1S/C24H38O4/c1-3-5-7-9-11-13-17-20(16-12-10-8-6-4-2)28-24(27)22-19-15-14-18-21(22)23(25)26/h14-15,18-20H,3-13,16-17H2,1-2H3,(H,25,26). The average Bonchev–Trinajstić information content (AvgIpc) is 2.70. The van der Waals surface area contributed by atoms with Crippen LogP contribution in [0.25, 0.3) is 0 Å². The summed E-state index contributed by atoms with van der Waals surface area (Å²) in [5.41, 5.74) is 0.155. The molecule has 0 amide bonds. The Bertz CT molecular complexity index is 567. The number of hydrogen-bond donors (Lipinski definition) is 1. The Hall–Kier alpha value is -1.84. The first-order chi connectivity index (χ1) is 13.6. The van der Waals surface area contributed by atoms with Crippen molar-refractivity contribution in [1.82, 2.24) is 0 Å². The lowest BCUT2D eigenvalue weighted by atomic mass is 10.0. The van der Waals surface area contributed by atoms with Crippen LogP contribution in [0.15, 0.2) is 24.3 Å². The Morgan fingerprint density at radius 3 is 1.75 bits per heavy atom. The van der Waals surface area contributed by atoms with Gasteiger partial charge < -0.3 is 9.84 Å². The maximum absolute atomic E-state index is 12.6. The van der Waals surface area contributed by atoms with Crippen molar-refractivity contribution in [2.24, 2.45) is 0 Å². The SMILES string of the molecule is CCCCCCCCC(CCCCCCC)OC(=O)c1ccccc1C(=O)O. The molecule has 28 heavy (non-hydrogen) atoms. The molecule has 1 rings (SSSR count). The van der Waals surface area contributed by atoms with Gasteiger partial charge in [0.15, 0.2) is 0 Å². The second-order valence-electron chi connectivity index (χ2n) is 7.64. The molecular formula is C24H38O4. The van der Waals surface area contributed by atoms with E-state index in [1.807, 2.05) is 0 Å². The quantitative estimate of drug-likeness (QED) is 0.243. The van der Waals surface area contributed by atoms with Gasteiger partial charge in [-0.2, -0.15) is 0 Å². The van der Waals surface area contributed by atoms with Gasteiger partial charge in [-0.25, -0.2) is 9.59 Å². The van der Waals surface area contributed by atoms with Gasteiger partial charge in [-0.15, -0.1) is 0 Å². The predicted octanol–water partition coefficient (Wildman–Crippen LogP) is 7.02. The highest BCUT2D eigenvalue weighted by Gasteiger charge is 2.20. The summed E-state index contributed by atoms with van der Waals surface area (Å²) < 4.78 is 5.76. The number of carboxylic acid groups (broad SMARTS) is 1. The van der Waals surface area contributed by atoms with E-state index < -0.39 is 11.9 Å². The van der Waals surface area contributed by atoms with Gasteiger partial charge in [0.1, 0.15) is 6.10 Å². The summed E-state index contributed by atoms with van der Waals surface area (Å²) in [4.78, 5) is 24.0. The van der Waals surface area contributed by atoms with Crippen molar-refractivity contribution in [3.8, 4) is 0 Å². The van der Waals surface area contributed by atoms with E-state index >= 15 is 0 Å². The zero-order chi connectivity index (χ0) is 20.6. The van der Waals surface area contributed by atoms with Crippen LogP contribution in [-0.4, -0.2) is 23.1 Å². The largest absolute Gasteiger partial charge is 0.478 e. The fourth-order valence-electron chi connectivity index (χ4n) is 3.45. The van der Waals surface area contributed by atoms with Gasteiger partial charge in [0.25, 0.3) is 0 Å². The third kappa shape index (κ3) is 9.91. The Kier molecular flexibility index (Phi) is 13.1. The van der Waals surface area contributed by atoms with E-state index in [0.29, 0.717) is 0 Å². The van der Waals surface area contributed by atoms with Crippen molar-refractivity contribution in [2.75, 3.05) is 0 Å². The van der Waals surface area contributed by atoms with Gasteiger partial charge >= 0.3 is 11.9 Å². The second kappa shape index (κ2) is 15.1. The van der Waals surface area contributed by atoms with Gasteiger partial charge in [-0.05, 0) is 37.8 Å². The third-order valence-electron chi connectivity index (χ3n) is 5.16. The van der Waals surface area contributed by atoms with E-state index in [4.69, 9.17) is 4.74 Å². The fraction of sp³-hybridized carbons (Fsp3) is 0.667. The van der Waals surface area contributed by atoms with Crippen LogP contribution in [0.2, 0.25) is 0 Å². The molecule has 0 spiro atoms. The van der Waals surface area contributed by atoms with Gasteiger partial charge in [0.2, 0.25) is 0 Å². The first-order valence-corrected chi connectivity index (χ1v) is 11.1. The second-order valence-corrected chi connectivity index (χ2v) is 7.64. The summed E-state index contributed by atoms with van der Waals surface area (Å²) >= 11 is 0. The minimum absolute atomic E-state index is 0.00811. The molecule has 158 valence electrons. The summed E-state index contributed by atoms with van der Waals surface area (Å²) in [6, 6.07) is 6.29. The highest BCUT2D eigenvalue weighted by molar-refractivity contribution is 6.02. The molecule has 1 atom stereocenters. The smallest absolute Gasteiger partial charge is 0.339 e. The maximum Gasteiger partial charge on any atom is 0.339 e. The van der Waals surface area contributed by atoms with Crippen molar-refractivity contribution >= 4 is 11.9 Å². The lowest BCUT2D eigenvalue weighted by Crippen LogP contribution is -2.20. The van der Waals surface area contributed by atoms with Crippen LogP contribution in [0.4, 0.5) is 0 Å². The van der Waals surface area contributed by atoms with Crippen molar-refractivity contribution in [2.45, 2.75) is 103 Å². The molecule has 0 saturated heterocycles. The molecule has 1 aromatic carbocycles. The first-order valence-electron chi connectivity index (χ1n) is 11.1. The normalized spacial score (nSPS) is 11.9. The van der Waals surface area contributed by atoms with Crippen LogP contribution < -0.4 is 0 Å². The third-order valence-corrected chi connectivity index (χ3v) is 5.16. The monoisotopic (exact) mass is 390 g/mol. The molecule has 0 bridgehead atoms. The summed E-state index contributed by atoms with van der Waals surface area (Å²) in [6.45, 7) is 4.41. The van der Waals surface area contributed by atoms with Crippen LogP contribution >= 0.6 is 0 Å². The number of carbonyl (C=O) groups excluding carboxylic acids is 1. The Labute approximate surface area is 170 Å². The van der Waals surface area contributed by atoms with Gasteiger partial charge in [0.05, 0.1) is 11.1 Å². The van der Waals surface area contributed by atoms with Crippen molar-refractivity contribution in [3.63, 3.8) is 0 Å². The molecule has 4 nitrogen and oxygen atoms in total. The van der Waals surface area contributed by atoms with Gasteiger partial charge in [-0.1, -0.05) is 83.8 Å². The zero-order valence-electron chi connectivity index (χ0n) is 17.8. The van der Waals surface area contributed by atoms with E-state index in [9.17, 15) is 14.7 Å². The summed E-state index contributed by atoms with van der Waals surface area (Å²) in [5, 5.41) is 9.31. The average molecular weight is 391 g/mol. The van der Waals surface area contributed by atoms with Crippen LogP contribution in [0.5, 0.6) is 0 Å². The molecular weight excluding hydrogens is 352 g/mol. The summed E-state index contributed by atoms with van der Waals surface area (Å²) in [5.74, 6) is -1.61. The van der Waals surface area contributed by atoms with Crippen LogP contribution in [0.3, 0.4) is 0 Å². The lowest BCUT2D eigenvalue weighted by molar-refractivity contribution is 0.0244. The summed E-state index contributed by atoms with van der Waals surface area (Å²) in [7, 11) is 0. The molecule has 0 saturated carbocycles. The molecule has 1 aromatic rings. The molecule has 0 fully saturated rings. The highest BCUT2D eigenvalue weighted by atomic mass is 16.5. The molecule has 4 heteroatoms. The Balaban J connectivity index is 2.59. The topological polar surface area (TPSA) is 63.6 Å². The number of carbonyl (C=O) groups is 2. The van der Waals surface area contributed by atoms with E-state index in [2.05, 4.69) is 13.8 Å². The molecule has 0 heterocycles. The number of rotatable bonds is 16.